The number of rotatable bonds is 4. The van der Waals surface area contributed by atoms with Gasteiger partial charge in [-0.1, -0.05) is 6.92 Å². The number of hydrogen-bond acceptors (Lipinski definition) is 3. The normalized spacial score (nSPS) is 17.4. The summed E-state index contributed by atoms with van der Waals surface area (Å²) in [4.78, 5) is 39.5. The number of carbonyl (C=O) groups excluding carboxylic acids is 3. The molecule has 0 aromatic rings. The van der Waals surface area contributed by atoms with Gasteiger partial charge in [-0.15, -0.1) is 0 Å². The average molecular weight is 297 g/mol. The molecule has 0 aromatic carbocycles. The Balaban J connectivity index is 2.65. The number of nitrogens with zero attached hydrogens (tertiary/aromatic N) is 2. The Bertz CT molecular complexity index is 412. The summed E-state index contributed by atoms with van der Waals surface area (Å²) in [6, 6.07) is 0.0548. The first kappa shape index (κ1) is 17.5. The van der Waals surface area contributed by atoms with E-state index in [0.29, 0.717) is 26.2 Å². The molecule has 0 radical (unpaired) electrons. The smallest absolute Gasteiger partial charge is 0.237 e. The van der Waals surface area contributed by atoms with Gasteiger partial charge >= 0.3 is 0 Å². The lowest BCUT2D eigenvalue weighted by Crippen LogP contribution is -2.56. The van der Waals surface area contributed by atoms with E-state index >= 15 is 0 Å². The van der Waals surface area contributed by atoms with Gasteiger partial charge in [0.05, 0.1) is 0 Å². The minimum absolute atomic E-state index is 0.0240. The Kier molecular flexibility index (Phi) is 5.75. The van der Waals surface area contributed by atoms with E-state index in [1.807, 2.05) is 13.8 Å². The molecule has 1 aliphatic rings. The fraction of sp³-hybridized carbons (Fsp3) is 0.800. The Morgan fingerprint density at radius 2 is 1.57 bits per heavy atom. The zero-order chi connectivity index (χ0) is 16.2. The molecule has 120 valence electrons. The summed E-state index contributed by atoms with van der Waals surface area (Å²) < 4.78 is 0. The maximum absolute atomic E-state index is 12.6. The summed E-state index contributed by atoms with van der Waals surface area (Å²) in [6.07, 6.45) is 0.827. The van der Waals surface area contributed by atoms with E-state index in [0.717, 1.165) is 6.42 Å². The Morgan fingerprint density at radius 1 is 1.10 bits per heavy atom. The van der Waals surface area contributed by atoms with E-state index in [4.69, 9.17) is 0 Å². The second-order valence-corrected chi connectivity index (χ2v) is 6.21. The lowest BCUT2D eigenvalue weighted by Gasteiger charge is -2.38. The molecule has 6 heteroatoms. The highest BCUT2D eigenvalue weighted by molar-refractivity contribution is 6.04. The molecule has 1 aliphatic heterocycles. The van der Waals surface area contributed by atoms with Crippen LogP contribution in [0.2, 0.25) is 0 Å². The third-order valence-electron chi connectivity index (χ3n) is 4.10. The average Bonchev–Trinajstić information content (AvgIpc) is 2.46. The molecule has 1 rings (SSSR count). The van der Waals surface area contributed by atoms with Crippen molar-refractivity contribution in [3.63, 3.8) is 0 Å². The predicted molar refractivity (Wildman–Crippen MR) is 80.5 cm³/mol. The summed E-state index contributed by atoms with van der Waals surface area (Å²) in [5.41, 5.74) is -1.08. The second-order valence-electron chi connectivity index (χ2n) is 6.21. The van der Waals surface area contributed by atoms with Crippen molar-refractivity contribution in [1.82, 2.24) is 15.1 Å². The van der Waals surface area contributed by atoms with Crippen molar-refractivity contribution < 1.29 is 14.4 Å². The molecule has 6 nitrogen and oxygen atoms in total. The Hall–Kier alpha value is -1.59. The van der Waals surface area contributed by atoms with Gasteiger partial charge in [-0.25, -0.2) is 0 Å². The molecule has 1 saturated heterocycles. The van der Waals surface area contributed by atoms with Crippen molar-refractivity contribution >= 4 is 17.7 Å². The summed E-state index contributed by atoms with van der Waals surface area (Å²) in [6.45, 7) is 10.8. The summed E-state index contributed by atoms with van der Waals surface area (Å²) in [7, 11) is 0. The first-order valence-electron chi connectivity index (χ1n) is 7.56. The summed E-state index contributed by atoms with van der Waals surface area (Å²) in [5.74, 6) is -0.391. The van der Waals surface area contributed by atoms with E-state index in [1.54, 1.807) is 23.6 Å². The molecular formula is C15H27N3O3. The van der Waals surface area contributed by atoms with Gasteiger partial charge in [0.2, 0.25) is 17.7 Å². The van der Waals surface area contributed by atoms with Crippen LogP contribution in [0.25, 0.3) is 0 Å². The first-order valence-corrected chi connectivity index (χ1v) is 7.56. The molecule has 1 fully saturated rings. The highest BCUT2D eigenvalue weighted by Crippen LogP contribution is 2.21. The first-order chi connectivity index (χ1) is 9.70. The van der Waals surface area contributed by atoms with Gasteiger partial charge in [0.15, 0.2) is 0 Å². The van der Waals surface area contributed by atoms with Gasteiger partial charge in [-0.05, 0) is 27.2 Å². The SMILES string of the molecule is CCC(C)NC(=O)C(C)(C)C(=O)N1CCN(C(C)=O)CC1. The molecule has 0 saturated carbocycles. The maximum atomic E-state index is 12.6. The largest absolute Gasteiger partial charge is 0.353 e. The van der Waals surface area contributed by atoms with Crippen LogP contribution < -0.4 is 5.32 Å². The van der Waals surface area contributed by atoms with E-state index in [9.17, 15) is 14.4 Å². The van der Waals surface area contributed by atoms with E-state index in [1.165, 1.54) is 6.92 Å². The molecule has 3 amide bonds. The zero-order valence-electron chi connectivity index (χ0n) is 13.7. The van der Waals surface area contributed by atoms with Gasteiger partial charge < -0.3 is 15.1 Å². The lowest BCUT2D eigenvalue weighted by atomic mass is 9.89. The van der Waals surface area contributed by atoms with Gasteiger partial charge in [0.1, 0.15) is 5.41 Å². The van der Waals surface area contributed by atoms with E-state index in [2.05, 4.69) is 5.32 Å². The van der Waals surface area contributed by atoms with Crippen LogP contribution in [0.3, 0.4) is 0 Å². The minimum Gasteiger partial charge on any atom is -0.353 e. The van der Waals surface area contributed by atoms with Gasteiger partial charge in [0.25, 0.3) is 0 Å². The molecule has 21 heavy (non-hydrogen) atoms. The van der Waals surface area contributed by atoms with Crippen LogP contribution in [-0.2, 0) is 14.4 Å². The summed E-state index contributed by atoms with van der Waals surface area (Å²) in [5, 5.41) is 2.87. The molecule has 1 N–H and O–H groups in total. The highest BCUT2D eigenvalue weighted by atomic mass is 16.2. The molecule has 0 aliphatic carbocycles. The lowest BCUT2D eigenvalue weighted by molar-refractivity contribution is -0.151. The van der Waals surface area contributed by atoms with Crippen LogP contribution in [0.1, 0.15) is 41.0 Å². The fourth-order valence-electron chi connectivity index (χ4n) is 2.22. The minimum atomic E-state index is -1.08. The fourth-order valence-corrected chi connectivity index (χ4v) is 2.22. The van der Waals surface area contributed by atoms with Crippen molar-refractivity contribution in [3.8, 4) is 0 Å². The Labute approximate surface area is 126 Å². The number of piperazine rings is 1. The van der Waals surface area contributed by atoms with Crippen LogP contribution in [0.5, 0.6) is 0 Å². The monoisotopic (exact) mass is 297 g/mol. The molecule has 0 bridgehead atoms. The summed E-state index contributed by atoms with van der Waals surface area (Å²) >= 11 is 0. The maximum Gasteiger partial charge on any atom is 0.237 e. The quantitative estimate of drug-likeness (QED) is 0.773. The van der Waals surface area contributed by atoms with Crippen LogP contribution in [0.15, 0.2) is 0 Å². The van der Waals surface area contributed by atoms with Gasteiger partial charge in [-0.2, -0.15) is 0 Å². The van der Waals surface area contributed by atoms with Crippen LogP contribution in [0.4, 0.5) is 0 Å². The second kappa shape index (κ2) is 6.91. The third-order valence-corrected chi connectivity index (χ3v) is 4.10. The number of nitrogens with one attached hydrogen (secondary N) is 1. The topological polar surface area (TPSA) is 69.7 Å². The van der Waals surface area contributed by atoms with Crippen molar-refractivity contribution in [2.45, 2.75) is 47.1 Å². The van der Waals surface area contributed by atoms with E-state index < -0.39 is 5.41 Å². The zero-order valence-corrected chi connectivity index (χ0v) is 13.7. The molecular weight excluding hydrogens is 270 g/mol. The third kappa shape index (κ3) is 4.19. The molecule has 1 atom stereocenters. The van der Waals surface area contributed by atoms with Crippen molar-refractivity contribution in [2.24, 2.45) is 5.41 Å². The molecule has 0 aromatic heterocycles. The van der Waals surface area contributed by atoms with Crippen LogP contribution in [0, 0.1) is 5.41 Å². The van der Waals surface area contributed by atoms with Gasteiger partial charge in [-0.3, -0.25) is 14.4 Å². The highest BCUT2D eigenvalue weighted by Gasteiger charge is 2.40. The predicted octanol–water partition coefficient (Wildman–Crippen LogP) is 0.618. The van der Waals surface area contributed by atoms with Crippen molar-refractivity contribution in [3.05, 3.63) is 0 Å². The van der Waals surface area contributed by atoms with E-state index in [-0.39, 0.29) is 23.8 Å². The molecule has 0 spiro atoms. The Morgan fingerprint density at radius 3 is 2.00 bits per heavy atom. The number of carbonyl (C=O) groups is 3. The van der Waals surface area contributed by atoms with Crippen LogP contribution >= 0.6 is 0 Å². The standard InChI is InChI=1S/C15H27N3O3/c1-6-11(2)16-13(20)15(4,5)14(21)18-9-7-17(8-10-18)12(3)19/h11H,6-10H2,1-5H3,(H,16,20). The van der Waals surface area contributed by atoms with Crippen molar-refractivity contribution in [2.75, 3.05) is 26.2 Å². The van der Waals surface area contributed by atoms with Crippen molar-refractivity contribution in [1.29, 1.82) is 0 Å². The van der Waals surface area contributed by atoms with Crippen LogP contribution in [-0.4, -0.2) is 59.7 Å². The number of amides is 3. The van der Waals surface area contributed by atoms with Gasteiger partial charge in [0, 0.05) is 39.1 Å². The molecule has 1 unspecified atom stereocenters. The molecule has 1 heterocycles. The number of hydrogen-bond donors (Lipinski definition) is 1.